The minimum atomic E-state index is -0.0366. The summed E-state index contributed by atoms with van der Waals surface area (Å²) in [7, 11) is 0. The molecule has 56 valence electrons. The molecule has 3 nitrogen and oxygen atoms in total. The lowest BCUT2D eigenvalue weighted by molar-refractivity contribution is -0.119. The monoisotopic (exact) mass is 140 g/mol. The molecule has 0 radical (unpaired) electrons. The zero-order valence-electron chi connectivity index (χ0n) is 6.35. The van der Waals surface area contributed by atoms with Gasteiger partial charge in [-0.2, -0.15) is 5.26 Å². The van der Waals surface area contributed by atoms with E-state index >= 15 is 0 Å². The second-order valence-electron chi connectivity index (χ2n) is 2.30. The molecular formula is C7H12N2O. The predicted octanol–water partition coefficient (Wildman–Crippen LogP) is 0.815. The van der Waals surface area contributed by atoms with Crippen LogP contribution in [0, 0.1) is 11.3 Å². The Balaban J connectivity index is 3.36. The molecule has 0 saturated heterocycles. The van der Waals surface area contributed by atoms with Gasteiger partial charge in [-0.25, -0.2) is 0 Å². The highest BCUT2D eigenvalue weighted by molar-refractivity contribution is 5.73. The topological polar surface area (TPSA) is 52.9 Å². The lowest BCUT2D eigenvalue weighted by Crippen LogP contribution is -2.29. The summed E-state index contributed by atoms with van der Waals surface area (Å²) in [5.74, 6) is -0.0366. The quantitative estimate of drug-likeness (QED) is 0.630. The molecule has 0 heterocycles. The van der Waals surface area contributed by atoms with Gasteiger partial charge in [-0.15, -0.1) is 0 Å². The summed E-state index contributed by atoms with van der Waals surface area (Å²) in [6.07, 6.45) is 1.23. The smallest absolute Gasteiger partial charge is 0.217 e. The number of nitrogens with zero attached hydrogens (tertiary/aromatic N) is 1. The number of carbonyl (C=O) groups excluding carboxylic acids is 1. The van der Waals surface area contributed by atoms with Crippen LogP contribution in [-0.2, 0) is 4.79 Å². The van der Waals surface area contributed by atoms with Crippen molar-refractivity contribution in [2.75, 3.05) is 0 Å². The Morgan fingerprint density at radius 3 is 2.80 bits per heavy atom. The van der Waals surface area contributed by atoms with E-state index in [1.54, 1.807) is 0 Å². The predicted molar refractivity (Wildman–Crippen MR) is 38.1 cm³/mol. The molecule has 1 N–H and O–H groups in total. The fraction of sp³-hybridized carbons (Fsp3) is 0.714. The molecule has 1 unspecified atom stereocenters. The molecule has 0 saturated carbocycles. The van der Waals surface area contributed by atoms with Crippen molar-refractivity contribution in [2.24, 2.45) is 0 Å². The molecule has 3 heteroatoms. The van der Waals surface area contributed by atoms with Crippen LogP contribution in [0.3, 0.4) is 0 Å². The molecule has 0 aliphatic rings. The first-order valence-corrected chi connectivity index (χ1v) is 3.31. The van der Waals surface area contributed by atoms with Gasteiger partial charge in [-0.3, -0.25) is 4.79 Å². The maximum Gasteiger partial charge on any atom is 0.217 e. The van der Waals surface area contributed by atoms with Gasteiger partial charge in [0.15, 0.2) is 0 Å². The zero-order valence-corrected chi connectivity index (χ0v) is 6.35. The summed E-state index contributed by atoms with van der Waals surface area (Å²) in [6, 6.07) is 2.14. The molecule has 0 aromatic carbocycles. The minimum absolute atomic E-state index is 0.0366. The standard InChI is InChI=1S/C7H12N2O/c1-6(4-3-5-8)9-7(2)10/h6H,3-4H2,1-2H3,(H,9,10). The Morgan fingerprint density at radius 2 is 2.40 bits per heavy atom. The first-order valence-electron chi connectivity index (χ1n) is 3.31. The number of carbonyl (C=O) groups is 1. The summed E-state index contributed by atoms with van der Waals surface area (Å²) in [5.41, 5.74) is 0. The van der Waals surface area contributed by atoms with E-state index in [9.17, 15) is 4.79 Å². The van der Waals surface area contributed by atoms with Gasteiger partial charge in [0.05, 0.1) is 6.07 Å². The van der Waals surface area contributed by atoms with E-state index < -0.39 is 0 Å². The Morgan fingerprint density at radius 1 is 1.80 bits per heavy atom. The van der Waals surface area contributed by atoms with Gasteiger partial charge in [-0.1, -0.05) is 0 Å². The highest BCUT2D eigenvalue weighted by Crippen LogP contribution is 1.93. The molecule has 0 bridgehead atoms. The third-order valence-electron chi connectivity index (χ3n) is 1.14. The maximum absolute atomic E-state index is 10.4. The highest BCUT2D eigenvalue weighted by Gasteiger charge is 2.00. The molecule has 0 spiro atoms. The molecule has 0 fully saturated rings. The third-order valence-corrected chi connectivity index (χ3v) is 1.14. The Labute approximate surface area is 61.0 Å². The SMILES string of the molecule is CC(=O)NC(C)CCC#N. The van der Waals surface area contributed by atoms with Gasteiger partial charge in [0.25, 0.3) is 0 Å². The van der Waals surface area contributed by atoms with Crippen molar-refractivity contribution in [2.45, 2.75) is 32.7 Å². The van der Waals surface area contributed by atoms with Crippen LogP contribution in [0.5, 0.6) is 0 Å². The lowest BCUT2D eigenvalue weighted by Gasteiger charge is -2.08. The molecule has 1 atom stereocenters. The van der Waals surface area contributed by atoms with Crippen LogP contribution in [0.15, 0.2) is 0 Å². The van der Waals surface area contributed by atoms with Gasteiger partial charge in [0.1, 0.15) is 0 Å². The number of nitrogens with one attached hydrogen (secondary N) is 1. The van der Waals surface area contributed by atoms with E-state index in [4.69, 9.17) is 5.26 Å². The van der Waals surface area contributed by atoms with Crippen molar-refractivity contribution in [3.63, 3.8) is 0 Å². The molecule has 0 aliphatic heterocycles. The molecule has 0 rings (SSSR count). The summed E-state index contributed by atoms with van der Waals surface area (Å²) in [4.78, 5) is 10.4. The highest BCUT2D eigenvalue weighted by atomic mass is 16.1. The normalized spacial score (nSPS) is 11.7. The maximum atomic E-state index is 10.4. The van der Waals surface area contributed by atoms with Gasteiger partial charge < -0.3 is 5.32 Å². The molecule has 0 aromatic heterocycles. The first-order chi connectivity index (χ1) is 4.66. The third kappa shape index (κ3) is 5.10. The van der Waals surface area contributed by atoms with Crippen molar-refractivity contribution < 1.29 is 4.79 Å². The minimum Gasteiger partial charge on any atom is -0.354 e. The molecule has 0 aliphatic carbocycles. The number of amides is 1. The zero-order chi connectivity index (χ0) is 7.98. The van der Waals surface area contributed by atoms with Crippen LogP contribution in [0.4, 0.5) is 0 Å². The van der Waals surface area contributed by atoms with Crippen LogP contribution >= 0.6 is 0 Å². The lowest BCUT2D eigenvalue weighted by atomic mass is 10.2. The molecular weight excluding hydrogens is 128 g/mol. The van der Waals surface area contributed by atoms with Gasteiger partial charge >= 0.3 is 0 Å². The van der Waals surface area contributed by atoms with E-state index in [2.05, 4.69) is 5.32 Å². The van der Waals surface area contributed by atoms with E-state index in [-0.39, 0.29) is 11.9 Å². The summed E-state index contributed by atoms with van der Waals surface area (Å²) in [6.45, 7) is 3.36. The van der Waals surface area contributed by atoms with Crippen LogP contribution in [0.25, 0.3) is 0 Å². The van der Waals surface area contributed by atoms with Gasteiger partial charge in [0.2, 0.25) is 5.91 Å². The van der Waals surface area contributed by atoms with Crippen molar-refractivity contribution in [3.05, 3.63) is 0 Å². The number of rotatable bonds is 3. The average Bonchev–Trinajstić information content (AvgIpc) is 1.82. The number of hydrogen-bond donors (Lipinski definition) is 1. The molecule has 10 heavy (non-hydrogen) atoms. The summed E-state index contributed by atoms with van der Waals surface area (Å²) in [5, 5.41) is 10.9. The van der Waals surface area contributed by atoms with Crippen LogP contribution in [-0.4, -0.2) is 11.9 Å². The first kappa shape index (κ1) is 8.96. The number of nitriles is 1. The van der Waals surface area contributed by atoms with Gasteiger partial charge in [-0.05, 0) is 13.3 Å². The Bertz CT molecular complexity index is 148. The van der Waals surface area contributed by atoms with Crippen molar-refractivity contribution >= 4 is 5.91 Å². The van der Waals surface area contributed by atoms with E-state index in [1.165, 1.54) is 6.92 Å². The largest absolute Gasteiger partial charge is 0.354 e. The van der Waals surface area contributed by atoms with Crippen LogP contribution in [0.1, 0.15) is 26.7 Å². The summed E-state index contributed by atoms with van der Waals surface area (Å²) < 4.78 is 0. The molecule has 1 amide bonds. The number of hydrogen-bond acceptors (Lipinski definition) is 2. The fourth-order valence-electron chi connectivity index (χ4n) is 0.700. The average molecular weight is 140 g/mol. The Hall–Kier alpha value is -1.04. The Kier molecular flexibility index (Phi) is 4.30. The second-order valence-corrected chi connectivity index (χ2v) is 2.30. The van der Waals surface area contributed by atoms with Crippen LogP contribution < -0.4 is 5.32 Å². The van der Waals surface area contributed by atoms with Crippen molar-refractivity contribution in [1.82, 2.24) is 5.32 Å². The van der Waals surface area contributed by atoms with E-state index in [0.717, 1.165) is 6.42 Å². The fourth-order valence-corrected chi connectivity index (χ4v) is 0.700. The van der Waals surface area contributed by atoms with Crippen LogP contribution in [0.2, 0.25) is 0 Å². The van der Waals surface area contributed by atoms with Crippen molar-refractivity contribution in [3.8, 4) is 6.07 Å². The second kappa shape index (κ2) is 4.80. The van der Waals surface area contributed by atoms with Gasteiger partial charge in [0, 0.05) is 19.4 Å². The molecule has 0 aromatic rings. The van der Waals surface area contributed by atoms with E-state index in [0.29, 0.717) is 6.42 Å². The van der Waals surface area contributed by atoms with Crippen molar-refractivity contribution in [1.29, 1.82) is 5.26 Å². The summed E-state index contributed by atoms with van der Waals surface area (Å²) >= 11 is 0. The van der Waals surface area contributed by atoms with E-state index in [1.807, 2.05) is 13.0 Å².